The molecular formula is C30H26F2N8O17S5. The first-order chi connectivity index (χ1) is 29.3. The highest BCUT2D eigenvalue weighted by Crippen LogP contribution is 2.49. The molecule has 0 saturated carbocycles. The van der Waals surface area contributed by atoms with E-state index in [0.717, 1.165) is 30.3 Å². The Morgan fingerprint density at radius 1 is 0.806 bits per heavy atom. The van der Waals surface area contributed by atoms with Crippen LogP contribution in [0.2, 0.25) is 0 Å². The van der Waals surface area contributed by atoms with Gasteiger partial charge >= 0.3 is 6.08 Å². The summed E-state index contributed by atoms with van der Waals surface area (Å²) in [6.45, 7) is -0.410. The molecule has 0 amide bonds. The Hall–Kier alpha value is -5.33. The predicted octanol–water partition coefficient (Wildman–Crippen LogP) is 6.90. The molecule has 62 heavy (non-hydrogen) atoms. The molecule has 4 aromatic carbocycles. The van der Waals surface area contributed by atoms with Crippen molar-refractivity contribution >= 4 is 105 Å². The summed E-state index contributed by atoms with van der Waals surface area (Å²) in [5, 5.41) is 56.5. The van der Waals surface area contributed by atoms with E-state index in [1.54, 1.807) is 0 Å². The van der Waals surface area contributed by atoms with Crippen molar-refractivity contribution in [1.29, 1.82) is 0 Å². The number of halogens is 2. The van der Waals surface area contributed by atoms with Gasteiger partial charge in [-0.05, 0) is 54.6 Å². The number of anilines is 3. The summed E-state index contributed by atoms with van der Waals surface area (Å²) in [5.74, 6) is -4.06. The number of aromatic nitrogens is 2. The average molecular weight is 969 g/mol. The van der Waals surface area contributed by atoms with E-state index in [1.165, 1.54) is 31.4 Å². The molecule has 0 spiro atoms. The maximum Gasteiger partial charge on any atom is 0.313 e. The van der Waals surface area contributed by atoms with Gasteiger partial charge in [-0.2, -0.15) is 35.6 Å². The summed E-state index contributed by atoms with van der Waals surface area (Å²) in [7, 11) is -12.6. The molecule has 0 aliphatic rings. The van der Waals surface area contributed by atoms with Crippen molar-refractivity contribution in [2.75, 3.05) is 36.0 Å². The number of aromatic hydroxyl groups is 1. The van der Waals surface area contributed by atoms with E-state index in [0.29, 0.717) is 6.07 Å². The number of fused-ring (bicyclic) bond motifs is 1. The second-order valence-electron chi connectivity index (χ2n) is 11.5. The van der Waals surface area contributed by atoms with Crippen LogP contribution in [0.25, 0.3) is 10.8 Å². The third-order valence-electron chi connectivity index (χ3n) is 7.55. The molecule has 0 bridgehead atoms. The monoisotopic (exact) mass is 968 g/mol. The topological polar surface area (TPSA) is 358 Å². The van der Waals surface area contributed by atoms with Gasteiger partial charge in [0.05, 0.1) is 47.0 Å². The number of sulfone groups is 1. The summed E-state index contributed by atoms with van der Waals surface area (Å²) >= 11 is 0.390. The Morgan fingerprint density at radius 3 is 2.21 bits per heavy atom. The summed E-state index contributed by atoms with van der Waals surface area (Å²) in [5.41, 5.74) is -1.91. The fraction of sp³-hybridized carbons (Fsp3) is 0.133. The number of rotatable bonds is 21. The highest BCUT2D eigenvalue weighted by atomic mass is 32.2. The highest BCUT2D eigenvalue weighted by Gasteiger charge is 2.23. The first-order valence-corrected chi connectivity index (χ1v) is 22.2. The third kappa shape index (κ3) is 12.6. The largest absolute Gasteiger partial charge is 0.505 e. The number of methoxy groups -OCH3 is 1. The highest BCUT2D eigenvalue weighted by molar-refractivity contribution is 7.94. The molecule has 0 fully saturated rings. The maximum absolute atomic E-state index is 13.7. The number of phenolic OH excluding ortho intramolecular Hbond substituents is 1. The molecule has 0 unspecified atom stereocenters. The smallest absolute Gasteiger partial charge is 0.313 e. The van der Waals surface area contributed by atoms with Crippen molar-refractivity contribution in [2.45, 2.75) is 14.7 Å². The lowest BCUT2D eigenvalue weighted by molar-refractivity contribution is -0.434. The molecule has 332 valence electrons. The lowest BCUT2D eigenvalue weighted by Crippen LogP contribution is -2.13. The average Bonchev–Trinajstić information content (AvgIpc) is 3.20. The molecule has 1 aromatic heterocycles. The Kier molecular flexibility index (Phi) is 15.9. The molecule has 7 N–H and O–H groups in total. The van der Waals surface area contributed by atoms with Crippen LogP contribution in [0.3, 0.4) is 0 Å². The number of phenols is 1. The van der Waals surface area contributed by atoms with Crippen LogP contribution in [0.4, 0.5) is 48.7 Å². The van der Waals surface area contributed by atoms with E-state index in [4.69, 9.17) is 19.4 Å². The van der Waals surface area contributed by atoms with E-state index in [-0.39, 0.29) is 73.4 Å². The van der Waals surface area contributed by atoms with Crippen LogP contribution in [-0.4, -0.2) is 85.3 Å². The molecule has 5 aromatic rings. The van der Waals surface area contributed by atoms with E-state index < -0.39 is 88.2 Å². The van der Waals surface area contributed by atoms with Crippen LogP contribution in [0.15, 0.2) is 95.8 Å². The fourth-order valence-electron chi connectivity index (χ4n) is 5.01. The van der Waals surface area contributed by atoms with Crippen molar-refractivity contribution < 1.29 is 86.4 Å². The summed E-state index contributed by atoms with van der Waals surface area (Å²) < 4.78 is 140. The molecule has 0 aliphatic heterocycles. The standard InChI is InChI=1S/C30H26F2N8O17S5/c1-52-22-6-3-16(60(44,45)9-8-53-59-57-55-43)11-20(22)37-40-28-23(58-56-54-42)12-18-17(29(28)41)4-5-19(33-14-61(46,47)48)27(18)39-38-21-10-15(2-7-24(21)62(49,50)51)34-26-13-25(31)35-30(32)36-26/h2-7,10-13,33,41-43H,8-9,14H2,1H3,(H,34,35,36)(H,46,47,48)(H,49,50,51). The number of benzene rings is 4. The summed E-state index contributed by atoms with van der Waals surface area (Å²) in [6.07, 6.45) is -1.44. The minimum atomic E-state index is -5.05. The molecule has 0 atom stereocenters. The van der Waals surface area contributed by atoms with Crippen LogP contribution in [0.5, 0.6) is 11.5 Å². The Labute approximate surface area is 355 Å². The van der Waals surface area contributed by atoms with Crippen molar-refractivity contribution in [3.05, 3.63) is 72.7 Å². The van der Waals surface area contributed by atoms with E-state index in [2.05, 4.69) is 59.8 Å². The molecule has 25 nitrogen and oxygen atoms in total. The normalized spacial score (nSPS) is 12.4. The number of ether oxygens (including phenoxy) is 1. The van der Waals surface area contributed by atoms with Gasteiger partial charge < -0.3 is 20.5 Å². The van der Waals surface area contributed by atoms with Crippen LogP contribution in [0.1, 0.15) is 0 Å². The summed E-state index contributed by atoms with van der Waals surface area (Å²) in [4.78, 5) is 4.89. The van der Waals surface area contributed by atoms with Gasteiger partial charge in [-0.1, -0.05) is 10.1 Å². The lowest BCUT2D eigenvalue weighted by Gasteiger charge is -2.14. The molecule has 0 saturated heterocycles. The number of hydrogen-bond acceptors (Lipinski definition) is 25. The minimum Gasteiger partial charge on any atom is -0.505 e. The minimum absolute atomic E-state index is 0.00886. The zero-order chi connectivity index (χ0) is 45.2. The number of nitrogens with zero attached hydrogens (tertiary/aromatic N) is 6. The quantitative estimate of drug-likeness (QED) is 0.00574. The van der Waals surface area contributed by atoms with Gasteiger partial charge in [-0.3, -0.25) is 13.3 Å². The summed E-state index contributed by atoms with van der Waals surface area (Å²) in [6, 6.07) is 10.7. The molecule has 1 heterocycles. The Bertz CT molecular complexity index is 2840. The van der Waals surface area contributed by atoms with Crippen LogP contribution in [-0.2, 0) is 53.0 Å². The van der Waals surface area contributed by atoms with Crippen LogP contribution >= 0.6 is 24.4 Å². The second-order valence-corrected chi connectivity index (χ2v) is 17.7. The third-order valence-corrected chi connectivity index (χ3v) is 11.6. The predicted molar refractivity (Wildman–Crippen MR) is 210 cm³/mol. The van der Waals surface area contributed by atoms with Gasteiger partial charge in [0.1, 0.15) is 45.1 Å². The number of hydrogen-bond donors (Lipinski definition) is 7. The van der Waals surface area contributed by atoms with Gasteiger partial charge in [0.2, 0.25) is 5.95 Å². The Morgan fingerprint density at radius 2 is 1.53 bits per heavy atom. The first kappa shape index (κ1) is 47.7. The van der Waals surface area contributed by atoms with E-state index in [1.807, 2.05) is 0 Å². The van der Waals surface area contributed by atoms with Gasteiger partial charge in [0.15, 0.2) is 27.9 Å². The van der Waals surface area contributed by atoms with E-state index in [9.17, 15) is 48.2 Å². The van der Waals surface area contributed by atoms with Gasteiger partial charge in [-0.15, -0.1) is 29.1 Å². The van der Waals surface area contributed by atoms with Gasteiger partial charge in [0.25, 0.3) is 20.2 Å². The maximum atomic E-state index is 13.7. The Balaban J connectivity index is 1.65. The van der Waals surface area contributed by atoms with Crippen molar-refractivity contribution in [3.8, 4) is 11.5 Å². The van der Waals surface area contributed by atoms with Crippen molar-refractivity contribution in [3.63, 3.8) is 0 Å². The SMILES string of the molecule is COc1ccc(S(=O)(=O)CCOSOOO)cc1N=Nc1c(SOOO)cc2c(N=Nc3cc(Nc4cc(F)nc(F)n4)ccc3S(=O)(=O)O)c(NCS(=O)(=O)O)ccc2c1O. The van der Waals surface area contributed by atoms with Crippen molar-refractivity contribution in [2.24, 2.45) is 20.5 Å². The van der Waals surface area contributed by atoms with Crippen LogP contribution < -0.4 is 15.4 Å². The fourth-order valence-corrected chi connectivity index (χ4v) is 7.86. The zero-order valence-corrected chi connectivity index (χ0v) is 34.6. The van der Waals surface area contributed by atoms with E-state index >= 15 is 0 Å². The molecule has 0 radical (unpaired) electrons. The number of azo groups is 2. The molecule has 0 aliphatic carbocycles. The van der Waals surface area contributed by atoms with Crippen molar-refractivity contribution in [1.82, 2.24) is 9.97 Å². The molecular weight excluding hydrogens is 943 g/mol. The lowest BCUT2D eigenvalue weighted by atomic mass is 10.1. The zero-order valence-electron chi connectivity index (χ0n) is 30.5. The van der Waals surface area contributed by atoms with Crippen LogP contribution in [0, 0.1) is 12.0 Å². The first-order valence-electron chi connectivity index (χ1n) is 16.1. The van der Waals surface area contributed by atoms with Gasteiger partial charge in [-0.25, -0.2) is 18.9 Å². The number of nitrogens with one attached hydrogen (secondary N) is 2. The molecule has 32 heteroatoms. The second kappa shape index (κ2) is 20.7. The molecule has 5 rings (SSSR count). The van der Waals surface area contributed by atoms with Gasteiger partial charge in [0, 0.05) is 22.5 Å².